The van der Waals surface area contributed by atoms with Gasteiger partial charge in [-0.2, -0.15) is 8.78 Å². The van der Waals surface area contributed by atoms with E-state index in [-0.39, 0.29) is 5.75 Å². The SMILES string of the molecule is O=C(CS(=O)(=O)CCCc1ccccc1)Nc1ccc(SC(F)F)cc1. The van der Waals surface area contributed by atoms with Crippen LogP contribution in [0.15, 0.2) is 59.5 Å². The van der Waals surface area contributed by atoms with Gasteiger partial charge < -0.3 is 5.32 Å². The van der Waals surface area contributed by atoms with Crippen molar-refractivity contribution in [2.75, 3.05) is 16.8 Å². The number of benzene rings is 2. The molecule has 2 aromatic rings. The number of carbonyl (C=O) groups is 1. The van der Waals surface area contributed by atoms with Crippen LogP contribution in [0.2, 0.25) is 0 Å². The minimum absolute atomic E-state index is 0.0702. The Morgan fingerprint density at radius 3 is 2.31 bits per heavy atom. The summed E-state index contributed by atoms with van der Waals surface area (Å²) in [6, 6.07) is 15.3. The van der Waals surface area contributed by atoms with Crippen LogP contribution in [0.5, 0.6) is 0 Å². The van der Waals surface area contributed by atoms with Gasteiger partial charge in [-0.15, -0.1) is 0 Å². The molecule has 1 amide bonds. The van der Waals surface area contributed by atoms with E-state index in [1.54, 1.807) is 0 Å². The fourth-order valence-electron chi connectivity index (χ4n) is 2.33. The molecule has 8 heteroatoms. The molecule has 0 aromatic heterocycles. The van der Waals surface area contributed by atoms with Crippen LogP contribution >= 0.6 is 11.8 Å². The second kappa shape index (κ2) is 9.68. The lowest BCUT2D eigenvalue weighted by Crippen LogP contribution is -2.24. The van der Waals surface area contributed by atoms with Crippen LogP contribution in [-0.4, -0.2) is 31.6 Å². The average molecular weight is 399 g/mol. The Labute approximate surface area is 155 Å². The lowest BCUT2D eigenvalue weighted by Gasteiger charge is -2.07. The summed E-state index contributed by atoms with van der Waals surface area (Å²) in [5, 5.41) is 2.47. The highest BCUT2D eigenvalue weighted by molar-refractivity contribution is 7.99. The van der Waals surface area contributed by atoms with Crippen molar-refractivity contribution in [3.05, 3.63) is 60.2 Å². The monoisotopic (exact) mass is 399 g/mol. The fraction of sp³-hybridized carbons (Fsp3) is 0.278. The van der Waals surface area contributed by atoms with Crippen LogP contribution in [0.1, 0.15) is 12.0 Å². The quantitative estimate of drug-likeness (QED) is 0.648. The molecule has 0 bridgehead atoms. The molecule has 4 nitrogen and oxygen atoms in total. The molecular weight excluding hydrogens is 380 g/mol. The highest BCUT2D eigenvalue weighted by Crippen LogP contribution is 2.26. The number of amides is 1. The number of aryl methyl sites for hydroxylation is 1. The Morgan fingerprint density at radius 2 is 1.69 bits per heavy atom. The smallest absolute Gasteiger partial charge is 0.288 e. The molecule has 26 heavy (non-hydrogen) atoms. The molecule has 0 spiro atoms. The van der Waals surface area contributed by atoms with Gasteiger partial charge in [-0.1, -0.05) is 42.1 Å². The van der Waals surface area contributed by atoms with Crippen LogP contribution in [0, 0.1) is 0 Å². The van der Waals surface area contributed by atoms with Crippen molar-refractivity contribution in [3.8, 4) is 0 Å². The van der Waals surface area contributed by atoms with E-state index in [9.17, 15) is 22.0 Å². The minimum Gasteiger partial charge on any atom is -0.325 e. The number of hydrogen-bond donors (Lipinski definition) is 1. The lowest BCUT2D eigenvalue weighted by atomic mass is 10.1. The molecule has 1 N–H and O–H groups in total. The molecule has 0 aliphatic carbocycles. The van der Waals surface area contributed by atoms with Crippen molar-refractivity contribution in [2.45, 2.75) is 23.5 Å². The Kier molecular flexibility index (Phi) is 7.59. The van der Waals surface area contributed by atoms with E-state index < -0.39 is 27.3 Å². The summed E-state index contributed by atoms with van der Waals surface area (Å²) in [6.07, 6.45) is 1.07. The molecule has 0 radical (unpaired) electrons. The van der Waals surface area contributed by atoms with Gasteiger partial charge in [-0.25, -0.2) is 8.42 Å². The van der Waals surface area contributed by atoms with E-state index >= 15 is 0 Å². The number of anilines is 1. The summed E-state index contributed by atoms with van der Waals surface area (Å²) in [6.45, 7) is 0. The largest absolute Gasteiger partial charge is 0.325 e. The predicted octanol–water partition coefficient (Wildman–Crippen LogP) is 3.99. The Balaban J connectivity index is 1.80. The predicted molar refractivity (Wildman–Crippen MR) is 100 cm³/mol. The average Bonchev–Trinajstić information content (AvgIpc) is 2.56. The number of sulfone groups is 1. The molecule has 0 saturated carbocycles. The second-order valence-electron chi connectivity index (χ2n) is 5.63. The zero-order valence-corrected chi connectivity index (χ0v) is 15.5. The van der Waals surface area contributed by atoms with Crippen LogP contribution < -0.4 is 5.32 Å². The van der Waals surface area contributed by atoms with Crippen molar-refractivity contribution in [2.24, 2.45) is 0 Å². The van der Waals surface area contributed by atoms with Crippen molar-refractivity contribution in [3.63, 3.8) is 0 Å². The summed E-state index contributed by atoms with van der Waals surface area (Å²) in [5.74, 6) is -3.83. The van der Waals surface area contributed by atoms with E-state index in [0.29, 0.717) is 35.2 Å². The number of thioether (sulfide) groups is 1. The number of hydrogen-bond acceptors (Lipinski definition) is 4. The maximum absolute atomic E-state index is 12.3. The maximum atomic E-state index is 12.3. The van der Waals surface area contributed by atoms with Gasteiger partial charge in [0, 0.05) is 10.6 Å². The van der Waals surface area contributed by atoms with Crippen molar-refractivity contribution >= 4 is 33.2 Å². The molecule has 0 aliphatic rings. The Hall–Kier alpha value is -1.93. The third-order valence-corrected chi connectivity index (χ3v) is 5.81. The molecule has 0 heterocycles. The zero-order chi connectivity index (χ0) is 19.0. The molecule has 0 atom stereocenters. The first-order valence-corrected chi connectivity index (χ1v) is 10.6. The standard InChI is InChI=1S/C18H19F2NO3S2/c19-18(20)25-16-10-8-15(9-11-16)21-17(22)13-26(23,24)12-4-7-14-5-2-1-3-6-14/h1-3,5-6,8-11,18H,4,7,12-13H2,(H,21,22). The van der Waals surface area contributed by atoms with Crippen LogP contribution in [0.4, 0.5) is 14.5 Å². The first-order valence-electron chi connectivity index (χ1n) is 7.93. The van der Waals surface area contributed by atoms with E-state index in [2.05, 4.69) is 5.32 Å². The molecule has 0 unspecified atom stereocenters. The topological polar surface area (TPSA) is 63.2 Å². The molecule has 0 aliphatic heterocycles. The van der Waals surface area contributed by atoms with E-state index in [0.717, 1.165) is 5.56 Å². The van der Waals surface area contributed by atoms with Gasteiger partial charge in [0.05, 0.1) is 5.75 Å². The van der Waals surface area contributed by atoms with Crippen molar-refractivity contribution in [1.29, 1.82) is 0 Å². The number of halogens is 2. The fourth-order valence-corrected chi connectivity index (χ4v) is 4.03. The number of rotatable bonds is 9. The molecule has 0 fully saturated rings. The van der Waals surface area contributed by atoms with Crippen LogP contribution in [-0.2, 0) is 21.1 Å². The molecule has 140 valence electrons. The summed E-state index contributed by atoms with van der Waals surface area (Å²) in [5.41, 5.74) is 1.42. The van der Waals surface area contributed by atoms with Gasteiger partial charge in [0.1, 0.15) is 5.75 Å². The Bertz CT molecular complexity index is 810. The molecule has 0 saturated heterocycles. The van der Waals surface area contributed by atoms with Crippen molar-refractivity contribution in [1.82, 2.24) is 0 Å². The summed E-state index contributed by atoms with van der Waals surface area (Å²) >= 11 is 0.401. The Morgan fingerprint density at radius 1 is 1.04 bits per heavy atom. The molecular formula is C18H19F2NO3S2. The van der Waals surface area contributed by atoms with Gasteiger partial charge in [-0.05, 0) is 42.7 Å². The van der Waals surface area contributed by atoms with Gasteiger partial charge in [0.15, 0.2) is 9.84 Å². The zero-order valence-electron chi connectivity index (χ0n) is 13.9. The highest BCUT2D eigenvalue weighted by atomic mass is 32.2. The third-order valence-electron chi connectivity index (χ3n) is 3.48. The summed E-state index contributed by atoms with van der Waals surface area (Å²) in [7, 11) is -3.51. The minimum atomic E-state index is -3.51. The van der Waals surface area contributed by atoms with Gasteiger partial charge in [0.2, 0.25) is 5.91 Å². The first kappa shape index (κ1) is 20.4. The van der Waals surface area contributed by atoms with E-state index in [1.165, 1.54) is 24.3 Å². The number of nitrogens with one attached hydrogen (secondary N) is 1. The normalized spacial score (nSPS) is 11.5. The highest BCUT2D eigenvalue weighted by Gasteiger charge is 2.16. The third kappa shape index (κ3) is 7.53. The number of carbonyl (C=O) groups excluding carboxylic acids is 1. The van der Waals surface area contributed by atoms with E-state index in [4.69, 9.17) is 0 Å². The molecule has 2 rings (SSSR count). The van der Waals surface area contributed by atoms with E-state index in [1.807, 2.05) is 30.3 Å². The van der Waals surface area contributed by atoms with Gasteiger partial charge in [-0.3, -0.25) is 4.79 Å². The van der Waals surface area contributed by atoms with Crippen LogP contribution in [0.25, 0.3) is 0 Å². The summed E-state index contributed by atoms with van der Waals surface area (Å²) in [4.78, 5) is 12.3. The number of alkyl halides is 2. The second-order valence-corrected chi connectivity index (χ2v) is 8.88. The van der Waals surface area contributed by atoms with Crippen molar-refractivity contribution < 1.29 is 22.0 Å². The van der Waals surface area contributed by atoms with Crippen LogP contribution in [0.3, 0.4) is 0 Å². The lowest BCUT2D eigenvalue weighted by molar-refractivity contribution is -0.113. The van der Waals surface area contributed by atoms with Gasteiger partial charge in [0.25, 0.3) is 5.76 Å². The molecule has 2 aromatic carbocycles. The maximum Gasteiger partial charge on any atom is 0.288 e. The summed E-state index contributed by atoms with van der Waals surface area (Å²) < 4.78 is 48.6. The van der Waals surface area contributed by atoms with Gasteiger partial charge >= 0.3 is 0 Å². The first-order chi connectivity index (χ1) is 12.3.